The van der Waals surface area contributed by atoms with Crippen LogP contribution in [0.4, 0.5) is 0 Å². The number of benzene rings is 1. The van der Waals surface area contributed by atoms with Crippen molar-refractivity contribution in [1.82, 2.24) is 4.90 Å². The van der Waals surface area contributed by atoms with Gasteiger partial charge in [0.15, 0.2) is 0 Å². The van der Waals surface area contributed by atoms with Crippen molar-refractivity contribution in [3.05, 3.63) is 35.9 Å². The highest BCUT2D eigenvalue weighted by Crippen LogP contribution is 2.37. The van der Waals surface area contributed by atoms with Crippen LogP contribution in [0.25, 0.3) is 0 Å². The fraction of sp³-hybridized carbons (Fsp3) is 0.647. The molecular weight excluding hydrogens is 234 g/mol. The van der Waals surface area contributed by atoms with E-state index in [1.54, 1.807) is 0 Å². The molecule has 0 aliphatic carbocycles. The smallest absolute Gasteiger partial charge is 0.0646 e. The van der Waals surface area contributed by atoms with Gasteiger partial charge in [0.25, 0.3) is 0 Å². The first-order valence-corrected chi connectivity index (χ1v) is 7.53. The summed E-state index contributed by atoms with van der Waals surface area (Å²) in [6, 6.07) is 10.6. The third-order valence-corrected chi connectivity index (χ3v) is 4.82. The first-order valence-electron chi connectivity index (χ1n) is 7.53. The van der Waals surface area contributed by atoms with Gasteiger partial charge in [-0.2, -0.15) is 0 Å². The van der Waals surface area contributed by atoms with Crippen LogP contribution < -0.4 is 0 Å². The zero-order valence-corrected chi connectivity index (χ0v) is 12.5. The van der Waals surface area contributed by atoms with Gasteiger partial charge >= 0.3 is 0 Å². The number of hydrogen-bond donors (Lipinski definition) is 1. The highest BCUT2D eigenvalue weighted by Gasteiger charge is 2.42. The number of aliphatic hydroxyl groups excluding tert-OH is 1. The Bertz CT molecular complexity index is 392. The van der Waals surface area contributed by atoms with Gasteiger partial charge < -0.3 is 5.11 Å². The summed E-state index contributed by atoms with van der Waals surface area (Å²) in [4.78, 5) is 2.51. The van der Waals surface area contributed by atoms with Crippen LogP contribution in [0, 0.1) is 11.3 Å². The summed E-state index contributed by atoms with van der Waals surface area (Å²) in [5.74, 6) is 0.405. The molecule has 1 aliphatic rings. The van der Waals surface area contributed by atoms with Crippen LogP contribution in [0.15, 0.2) is 30.3 Å². The molecule has 1 aromatic carbocycles. The average Bonchev–Trinajstić information content (AvgIpc) is 2.44. The molecule has 1 N–H and O–H groups in total. The van der Waals surface area contributed by atoms with Crippen molar-refractivity contribution >= 4 is 0 Å². The molecular formula is C17H27NO. The fourth-order valence-corrected chi connectivity index (χ4v) is 3.30. The summed E-state index contributed by atoms with van der Waals surface area (Å²) < 4.78 is 0. The second-order valence-corrected chi connectivity index (χ2v) is 6.28. The normalized spacial score (nSPS) is 32.4. The second kappa shape index (κ2) is 6.06. The molecule has 1 heterocycles. The molecule has 0 aromatic heterocycles. The summed E-state index contributed by atoms with van der Waals surface area (Å²) in [5, 5.41) is 10.5. The molecule has 0 bridgehead atoms. The largest absolute Gasteiger partial charge is 0.392 e. The highest BCUT2D eigenvalue weighted by atomic mass is 16.3. The molecule has 0 saturated carbocycles. The van der Waals surface area contributed by atoms with E-state index in [1.165, 1.54) is 5.56 Å². The molecule has 1 fully saturated rings. The van der Waals surface area contributed by atoms with Gasteiger partial charge in [-0.3, -0.25) is 4.90 Å². The molecule has 0 amide bonds. The highest BCUT2D eigenvalue weighted by molar-refractivity contribution is 5.14. The van der Waals surface area contributed by atoms with Gasteiger partial charge in [0.05, 0.1) is 6.10 Å². The van der Waals surface area contributed by atoms with Gasteiger partial charge in [-0.05, 0) is 24.3 Å². The van der Waals surface area contributed by atoms with Gasteiger partial charge in [0, 0.05) is 25.0 Å². The third kappa shape index (κ3) is 3.18. The maximum absolute atomic E-state index is 10.5. The summed E-state index contributed by atoms with van der Waals surface area (Å²) >= 11 is 0. The first kappa shape index (κ1) is 14.5. The van der Waals surface area contributed by atoms with Gasteiger partial charge in [0.2, 0.25) is 0 Å². The molecule has 1 aliphatic heterocycles. The first-order chi connectivity index (χ1) is 9.09. The molecule has 0 radical (unpaired) electrons. The monoisotopic (exact) mass is 261 g/mol. The number of piperidine rings is 1. The predicted molar refractivity (Wildman–Crippen MR) is 79.9 cm³/mol. The van der Waals surface area contributed by atoms with E-state index < -0.39 is 0 Å². The fourth-order valence-electron chi connectivity index (χ4n) is 3.30. The Morgan fingerprint density at radius 2 is 1.95 bits per heavy atom. The number of rotatable bonds is 4. The zero-order chi connectivity index (χ0) is 13.9. The Morgan fingerprint density at radius 1 is 1.26 bits per heavy atom. The minimum absolute atomic E-state index is 0.0354. The van der Waals surface area contributed by atoms with E-state index in [9.17, 15) is 5.11 Å². The second-order valence-electron chi connectivity index (χ2n) is 6.28. The number of likely N-dealkylation sites (tertiary alicyclic amines) is 1. The minimum Gasteiger partial charge on any atom is -0.392 e. The topological polar surface area (TPSA) is 23.5 Å². The van der Waals surface area contributed by atoms with E-state index in [2.05, 4.69) is 56.0 Å². The predicted octanol–water partition coefficient (Wildman–Crippen LogP) is 3.31. The van der Waals surface area contributed by atoms with E-state index in [0.717, 1.165) is 32.5 Å². The Kier molecular flexibility index (Phi) is 4.64. The lowest BCUT2D eigenvalue weighted by Crippen LogP contribution is -2.54. The number of aliphatic hydroxyl groups is 1. The van der Waals surface area contributed by atoms with E-state index in [1.807, 2.05) is 0 Å². The molecule has 3 unspecified atom stereocenters. The van der Waals surface area contributed by atoms with Crippen LogP contribution in [0.3, 0.4) is 0 Å². The summed E-state index contributed by atoms with van der Waals surface area (Å²) in [6.07, 6.45) is 1.94. The molecule has 2 nitrogen and oxygen atoms in total. The van der Waals surface area contributed by atoms with Crippen molar-refractivity contribution in [3.8, 4) is 0 Å². The number of hydrogen-bond acceptors (Lipinski definition) is 2. The molecule has 0 spiro atoms. The van der Waals surface area contributed by atoms with E-state index >= 15 is 0 Å². The van der Waals surface area contributed by atoms with Gasteiger partial charge in [-0.1, -0.05) is 51.1 Å². The lowest BCUT2D eigenvalue weighted by molar-refractivity contribution is -0.0817. The molecule has 106 valence electrons. The Labute approximate surface area is 117 Å². The van der Waals surface area contributed by atoms with Crippen molar-refractivity contribution in [2.75, 3.05) is 13.1 Å². The average molecular weight is 261 g/mol. The Hall–Kier alpha value is -0.860. The summed E-state index contributed by atoms with van der Waals surface area (Å²) in [5.41, 5.74) is 1.40. The van der Waals surface area contributed by atoms with Crippen LogP contribution in [0.5, 0.6) is 0 Å². The van der Waals surface area contributed by atoms with Crippen molar-refractivity contribution < 1.29 is 5.11 Å². The van der Waals surface area contributed by atoms with Gasteiger partial charge in [-0.15, -0.1) is 0 Å². The SMILES string of the molecule is CCC1CN(Cc2ccccc2)CC(C)(CC)C1O. The van der Waals surface area contributed by atoms with E-state index in [4.69, 9.17) is 0 Å². The Balaban J connectivity index is 2.10. The van der Waals surface area contributed by atoms with Gasteiger partial charge in [0.1, 0.15) is 0 Å². The molecule has 1 saturated heterocycles. The maximum Gasteiger partial charge on any atom is 0.0646 e. The van der Waals surface area contributed by atoms with Crippen LogP contribution in [-0.2, 0) is 6.54 Å². The van der Waals surface area contributed by atoms with Crippen LogP contribution in [0.2, 0.25) is 0 Å². The summed E-state index contributed by atoms with van der Waals surface area (Å²) in [6.45, 7) is 9.63. The van der Waals surface area contributed by atoms with Gasteiger partial charge in [-0.25, -0.2) is 0 Å². The maximum atomic E-state index is 10.5. The van der Waals surface area contributed by atoms with Crippen LogP contribution >= 0.6 is 0 Å². The third-order valence-electron chi connectivity index (χ3n) is 4.82. The van der Waals surface area contributed by atoms with E-state index in [0.29, 0.717) is 5.92 Å². The lowest BCUT2D eigenvalue weighted by atomic mass is 9.71. The van der Waals surface area contributed by atoms with Crippen molar-refractivity contribution in [1.29, 1.82) is 0 Å². The molecule has 1 aromatic rings. The lowest BCUT2D eigenvalue weighted by Gasteiger charge is -2.48. The molecule has 3 atom stereocenters. The van der Waals surface area contributed by atoms with E-state index in [-0.39, 0.29) is 11.5 Å². The van der Waals surface area contributed by atoms with Crippen molar-refractivity contribution in [3.63, 3.8) is 0 Å². The molecule has 19 heavy (non-hydrogen) atoms. The number of nitrogens with zero attached hydrogens (tertiary/aromatic N) is 1. The summed E-state index contributed by atoms with van der Waals surface area (Å²) in [7, 11) is 0. The van der Waals surface area contributed by atoms with Crippen molar-refractivity contribution in [2.24, 2.45) is 11.3 Å². The standard InChI is InChI=1S/C17H27NO/c1-4-15-12-18(11-14-9-7-6-8-10-14)13-17(3,5-2)16(15)19/h6-10,15-16,19H,4-5,11-13H2,1-3H3. The molecule has 2 heteroatoms. The zero-order valence-electron chi connectivity index (χ0n) is 12.5. The minimum atomic E-state index is -0.158. The van der Waals surface area contributed by atoms with Crippen molar-refractivity contribution in [2.45, 2.75) is 46.3 Å². The van der Waals surface area contributed by atoms with Crippen LogP contribution in [0.1, 0.15) is 39.2 Å². The molecule has 2 rings (SSSR count). The quantitative estimate of drug-likeness (QED) is 0.899. The Morgan fingerprint density at radius 3 is 2.53 bits per heavy atom. The van der Waals surface area contributed by atoms with Crippen LogP contribution in [-0.4, -0.2) is 29.2 Å².